The second-order valence-electron chi connectivity index (χ2n) is 8.24. The standard InChI is InChI=1S/C22H29N3O3S/c1-6-28-19(26)17-14(2)23-21-25(12-7-13-29-21)18(17)15-8-10-16(11-9-15)24-20(27)22(3,4)5/h8-11,18H,6-7,12-13H2,1-5H3,(H,24,27). The van der Waals surface area contributed by atoms with Gasteiger partial charge in [0.1, 0.15) is 0 Å². The summed E-state index contributed by atoms with van der Waals surface area (Å²) in [5.41, 5.74) is 2.56. The number of carbonyl (C=O) groups excluding carboxylic acids is 2. The zero-order valence-electron chi connectivity index (χ0n) is 17.7. The number of amidine groups is 1. The minimum absolute atomic E-state index is 0.0345. The number of nitrogens with zero attached hydrogens (tertiary/aromatic N) is 2. The predicted octanol–water partition coefficient (Wildman–Crippen LogP) is 4.36. The molecular weight excluding hydrogens is 386 g/mol. The van der Waals surface area contributed by atoms with Gasteiger partial charge in [-0.1, -0.05) is 44.7 Å². The van der Waals surface area contributed by atoms with Crippen molar-refractivity contribution in [2.45, 2.75) is 47.1 Å². The Bertz CT molecular complexity index is 853. The minimum atomic E-state index is -0.463. The van der Waals surface area contributed by atoms with E-state index in [1.165, 1.54) is 0 Å². The summed E-state index contributed by atoms with van der Waals surface area (Å²) in [6.07, 6.45) is 1.04. The second kappa shape index (κ2) is 8.61. The first kappa shape index (κ1) is 21.4. The number of amides is 1. The molecule has 1 N–H and O–H groups in total. The summed E-state index contributed by atoms with van der Waals surface area (Å²) >= 11 is 1.72. The van der Waals surface area contributed by atoms with E-state index in [1.54, 1.807) is 11.8 Å². The van der Waals surface area contributed by atoms with Crippen LogP contribution in [0, 0.1) is 5.41 Å². The second-order valence-corrected chi connectivity index (χ2v) is 9.30. The number of thioether (sulfide) groups is 1. The molecular formula is C22H29N3O3S. The molecule has 2 aliphatic heterocycles. The summed E-state index contributed by atoms with van der Waals surface area (Å²) < 4.78 is 5.34. The van der Waals surface area contributed by atoms with Crippen molar-refractivity contribution in [2.75, 3.05) is 24.2 Å². The van der Waals surface area contributed by atoms with Crippen molar-refractivity contribution < 1.29 is 14.3 Å². The van der Waals surface area contributed by atoms with E-state index in [-0.39, 0.29) is 17.9 Å². The molecule has 0 spiro atoms. The van der Waals surface area contributed by atoms with E-state index >= 15 is 0 Å². The molecule has 1 unspecified atom stereocenters. The third-order valence-corrected chi connectivity index (χ3v) is 6.00. The van der Waals surface area contributed by atoms with Crippen LogP contribution in [-0.2, 0) is 14.3 Å². The van der Waals surface area contributed by atoms with E-state index in [2.05, 4.69) is 15.2 Å². The molecule has 0 aliphatic carbocycles. The third kappa shape index (κ3) is 4.66. The van der Waals surface area contributed by atoms with Crippen LogP contribution in [0.5, 0.6) is 0 Å². The van der Waals surface area contributed by atoms with Gasteiger partial charge < -0.3 is 15.0 Å². The van der Waals surface area contributed by atoms with Crippen molar-refractivity contribution in [3.8, 4) is 0 Å². The first-order chi connectivity index (χ1) is 13.7. The summed E-state index contributed by atoms with van der Waals surface area (Å²) in [5, 5.41) is 3.90. The Hall–Kier alpha value is -2.28. The van der Waals surface area contributed by atoms with Crippen molar-refractivity contribution in [3.63, 3.8) is 0 Å². The Morgan fingerprint density at radius 1 is 1.28 bits per heavy atom. The van der Waals surface area contributed by atoms with Crippen LogP contribution in [0.15, 0.2) is 40.5 Å². The zero-order valence-corrected chi connectivity index (χ0v) is 18.6. The summed E-state index contributed by atoms with van der Waals surface area (Å²) in [7, 11) is 0. The van der Waals surface area contributed by atoms with E-state index < -0.39 is 5.41 Å². The number of carbonyl (C=O) groups is 2. The van der Waals surface area contributed by atoms with E-state index in [4.69, 9.17) is 4.74 Å². The molecule has 1 saturated heterocycles. The van der Waals surface area contributed by atoms with Crippen LogP contribution in [0.3, 0.4) is 0 Å². The Morgan fingerprint density at radius 3 is 2.59 bits per heavy atom. The fraction of sp³-hybridized carbons (Fsp3) is 0.500. The fourth-order valence-corrected chi connectivity index (χ4v) is 4.37. The summed E-state index contributed by atoms with van der Waals surface area (Å²) in [6.45, 7) is 10.5. The molecule has 1 amide bonds. The molecule has 0 radical (unpaired) electrons. The maximum atomic E-state index is 12.7. The maximum Gasteiger partial charge on any atom is 0.338 e. The molecule has 6 nitrogen and oxygen atoms in total. The number of allylic oxidation sites excluding steroid dienone is 1. The number of nitrogens with one attached hydrogen (secondary N) is 1. The smallest absolute Gasteiger partial charge is 0.338 e. The van der Waals surface area contributed by atoms with Crippen LogP contribution in [0.1, 0.15) is 52.6 Å². The Kier molecular flexibility index (Phi) is 6.36. The molecule has 3 rings (SSSR count). The Balaban J connectivity index is 1.94. The summed E-state index contributed by atoms with van der Waals surface area (Å²) in [4.78, 5) is 31.9. The van der Waals surface area contributed by atoms with Crippen LogP contribution in [0.4, 0.5) is 5.69 Å². The largest absolute Gasteiger partial charge is 0.463 e. The van der Waals surface area contributed by atoms with Crippen LogP contribution < -0.4 is 5.32 Å². The quantitative estimate of drug-likeness (QED) is 0.740. The molecule has 2 heterocycles. The van der Waals surface area contributed by atoms with Gasteiger partial charge in [-0.05, 0) is 38.0 Å². The first-order valence-electron chi connectivity index (χ1n) is 9.99. The van der Waals surface area contributed by atoms with Gasteiger partial charge in [0, 0.05) is 23.4 Å². The predicted molar refractivity (Wildman–Crippen MR) is 118 cm³/mol. The van der Waals surface area contributed by atoms with Crippen LogP contribution in [0.25, 0.3) is 0 Å². The topological polar surface area (TPSA) is 71.0 Å². The van der Waals surface area contributed by atoms with Gasteiger partial charge in [-0.2, -0.15) is 0 Å². The van der Waals surface area contributed by atoms with Crippen LogP contribution >= 0.6 is 11.8 Å². The molecule has 29 heavy (non-hydrogen) atoms. The van der Waals surface area contributed by atoms with Crippen molar-refractivity contribution in [2.24, 2.45) is 10.4 Å². The Morgan fingerprint density at radius 2 is 1.97 bits per heavy atom. The number of fused-ring (bicyclic) bond motifs is 1. The SMILES string of the molecule is CCOC(=O)C1=C(C)N=C2SCCCN2C1c1ccc(NC(=O)C(C)(C)C)cc1. The number of ether oxygens (including phenoxy) is 1. The van der Waals surface area contributed by atoms with Gasteiger partial charge in [0.2, 0.25) is 5.91 Å². The average Bonchev–Trinajstić information content (AvgIpc) is 2.67. The number of rotatable bonds is 4. The number of anilines is 1. The lowest BCUT2D eigenvalue weighted by Gasteiger charge is -2.40. The van der Waals surface area contributed by atoms with Gasteiger partial charge in [-0.15, -0.1) is 0 Å². The van der Waals surface area contributed by atoms with Crippen molar-refractivity contribution in [3.05, 3.63) is 41.1 Å². The van der Waals surface area contributed by atoms with Gasteiger partial charge in [-0.3, -0.25) is 4.79 Å². The molecule has 0 saturated carbocycles. The van der Waals surface area contributed by atoms with Gasteiger partial charge in [0.15, 0.2) is 5.17 Å². The monoisotopic (exact) mass is 415 g/mol. The fourth-order valence-electron chi connectivity index (χ4n) is 3.35. The van der Waals surface area contributed by atoms with Crippen molar-refractivity contribution in [1.29, 1.82) is 0 Å². The zero-order chi connectivity index (χ0) is 21.2. The van der Waals surface area contributed by atoms with Crippen LogP contribution in [0.2, 0.25) is 0 Å². The van der Waals surface area contributed by atoms with E-state index in [9.17, 15) is 9.59 Å². The van der Waals surface area contributed by atoms with Crippen LogP contribution in [-0.4, -0.2) is 40.8 Å². The van der Waals surface area contributed by atoms with Gasteiger partial charge in [-0.25, -0.2) is 9.79 Å². The molecule has 1 atom stereocenters. The van der Waals surface area contributed by atoms with E-state index in [0.29, 0.717) is 17.9 Å². The summed E-state index contributed by atoms with van der Waals surface area (Å²) in [6, 6.07) is 7.48. The highest BCUT2D eigenvalue weighted by molar-refractivity contribution is 8.13. The first-order valence-corrected chi connectivity index (χ1v) is 11.0. The lowest BCUT2D eigenvalue weighted by molar-refractivity contribution is -0.139. The van der Waals surface area contributed by atoms with E-state index in [1.807, 2.05) is 58.9 Å². The van der Waals surface area contributed by atoms with Crippen molar-refractivity contribution in [1.82, 2.24) is 4.90 Å². The van der Waals surface area contributed by atoms with Crippen molar-refractivity contribution >= 4 is 34.5 Å². The molecule has 1 fully saturated rings. The number of hydrogen-bond acceptors (Lipinski definition) is 6. The molecule has 1 aromatic rings. The number of hydrogen-bond donors (Lipinski definition) is 1. The number of esters is 1. The molecule has 7 heteroatoms. The van der Waals surface area contributed by atoms with Gasteiger partial charge in [0.05, 0.1) is 23.9 Å². The molecule has 156 valence electrons. The van der Waals surface area contributed by atoms with Gasteiger partial charge >= 0.3 is 5.97 Å². The minimum Gasteiger partial charge on any atom is -0.463 e. The average molecular weight is 416 g/mol. The molecule has 0 aromatic heterocycles. The highest BCUT2D eigenvalue weighted by Crippen LogP contribution is 2.40. The van der Waals surface area contributed by atoms with Gasteiger partial charge in [0.25, 0.3) is 0 Å². The highest BCUT2D eigenvalue weighted by atomic mass is 32.2. The Labute approximate surface area is 176 Å². The lowest BCUT2D eigenvalue weighted by Crippen LogP contribution is -2.42. The maximum absolute atomic E-state index is 12.7. The lowest BCUT2D eigenvalue weighted by atomic mass is 9.93. The third-order valence-electron chi connectivity index (χ3n) is 4.92. The molecule has 0 bridgehead atoms. The summed E-state index contributed by atoms with van der Waals surface area (Å²) in [5.74, 6) is 0.674. The highest BCUT2D eigenvalue weighted by Gasteiger charge is 2.37. The number of benzene rings is 1. The normalized spacial score (nSPS) is 19.4. The van der Waals surface area contributed by atoms with E-state index in [0.717, 1.165) is 35.1 Å². The molecule has 2 aliphatic rings. The molecule has 1 aromatic carbocycles. The number of aliphatic imine (C=N–C) groups is 1.